The summed E-state index contributed by atoms with van der Waals surface area (Å²) in [6.07, 6.45) is 8.84. The predicted octanol–water partition coefficient (Wildman–Crippen LogP) is 3.53. The van der Waals surface area contributed by atoms with Gasteiger partial charge in [-0.1, -0.05) is 68.0 Å². The molecule has 1 N–H and O–H groups in total. The average Bonchev–Trinajstić information content (AvgIpc) is 2.10. The van der Waals surface area contributed by atoms with Crippen LogP contribution in [0, 0.1) is 0 Å². The van der Waals surface area contributed by atoms with E-state index >= 15 is 0 Å². The third-order valence-corrected chi connectivity index (χ3v) is 3.09. The third-order valence-electron chi connectivity index (χ3n) is 2.07. The topological polar surface area (TPSA) is 20.2 Å². The number of alkyl halides is 1. The van der Waals surface area contributed by atoms with Gasteiger partial charge in [0.05, 0.1) is 6.10 Å². The van der Waals surface area contributed by atoms with Gasteiger partial charge in [0, 0.05) is 4.43 Å². The lowest BCUT2D eigenvalue weighted by Crippen LogP contribution is -2.06. The van der Waals surface area contributed by atoms with Gasteiger partial charge in [-0.05, 0) is 6.42 Å². The van der Waals surface area contributed by atoms with Crippen molar-refractivity contribution in [3.63, 3.8) is 0 Å². The van der Waals surface area contributed by atoms with Crippen LogP contribution in [0.4, 0.5) is 0 Å². The molecule has 12 heavy (non-hydrogen) atoms. The van der Waals surface area contributed by atoms with Crippen molar-refractivity contribution in [2.24, 2.45) is 0 Å². The molecule has 0 radical (unpaired) electrons. The monoisotopic (exact) mass is 284 g/mol. The van der Waals surface area contributed by atoms with Crippen LogP contribution < -0.4 is 0 Å². The van der Waals surface area contributed by atoms with Gasteiger partial charge in [0.25, 0.3) is 0 Å². The van der Waals surface area contributed by atoms with Crippen LogP contribution in [0.25, 0.3) is 0 Å². The lowest BCUT2D eigenvalue weighted by atomic mass is 10.1. The Kier molecular flexibility index (Phi) is 10.3. The van der Waals surface area contributed by atoms with Gasteiger partial charge in [-0.3, -0.25) is 0 Å². The first-order chi connectivity index (χ1) is 5.81. The maximum absolute atomic E-state index is 9.25. The minimum absolute atomic E-state index is 0.0585. The van der Waals surface area contributed by atoms with Crippen LogP contribution in [0.1, 0.15) is 51.9 Å². The van der Waals surface area contributed by atoms with E-state index in [9.17, 15) is 5.11 Å². The zero-order valence-electron chi connectivity index (χ0n) is 8.06. The van der Waals surface area contributed by atoms with Crippen LogP contribution in [0.15, 0.2) is 0 Å². The Morgan fingerprint density at radius 3 is 2.25 bits per heavy atom. The van der Waals surface area contributed by atoms with Crippen molar-refractivity contribution in [2.45, 2.75) is 58.0 Å². The number of hydrogen-bond acceptors (Lipinski definition) is 1. The molecule has 0 aromatic carbocycles. The van der Waals surface area contributed by atoms with Crippen LogP contribution in [-0.4, -0.2) is 15.6 Å². The van der Waals surface area contributed by atoms with Gasteiger partial charge in [0.1, 0.15) is 0 Å². The number of rotatable bonds is 8. The van der Waals surface area contributed by atoms with E-state index < -0.39 is 0 Å². The fourth-order valence-electron chi connectivity index (χ4n) is 1.24. The van der Waals surface area contributed by atoms with Crippen molar-refractivity contribution >= 4 is 22.6 Å². The molecule has 0 spiro atoms. The standard InChI is InChI=1S/C10H21IO/c1-2-3-4-5-6-7-8-10(12)9-11/h10,12H,2-9H2,1H3/t10-/m0/s1. The molecule has 0 amide bonds. The van der Waals surface area contributed by atoms with Gasteiger partial charge in [-0.2, -0.15) is 0 Å². The number of hydrogen-bond donors (Lipinski definition) is 1. The van der Waals surface area contributed by atoms with Crippen molar-refractivity contribution in [3.8, 4) is 0 Å². The second kappa shape index (κ2) is 9.78. The van der Waals surface area contributed by atoms with E-state index in [0.29, 0.717) is 0 Å². The minimum Gasteiger partial charge on any atom is -0.392 e. The van der Waals surface area contributed by atoms with Gasteiger partial charge in [-0.25, -0.2) is 0 Å². The summed E-state index contributed by atoms with van der Waals surface area (Å²) in [6.45, 7) is 2.24. The highest BCUT2D eigenvalue weighted by atomic mass is 127. The highest BCUT2D eigenvalue weighted by molar-refractivity contribution is 14.1. The summed E-state index contributed by atoms with van der Waals surface area (Å²) in [6, 6.07) is 0. The van der Waals surface area contributed by atoms with Crippen molar-refractivity contribution < 1.29 is 5.11 Å². The second-order valence-electron chi connectivity index (χ2n) is 3.36. The Labute approximate surface area is 90.1 Å². The molecule has 0 saturated carbocycles. The zero-order valence-corrected chi connectivity index (χ0v) is 10.2. The second-order valence-corrected chi connectivity index (χ2v) is 4.25. The van der Waals surface area contributed by atoms with E-state index in [0.717, 1.165) is 10.8 Å². The lowest BCUT2D eigenvalue weighted by molar-refractivity contribution is 0.187. The summed E-state index contributed by atoms with van der Waals surface area (Å²) in [5, 5.41) is 9.25. The third kappa shape index (κ3) is 8.78. The van der Waals surface area contributed by atoms with E-state index in [-0.39, 0.29) is 6.10 Å². The van der Waals surface area contributed by atoms with E-state index in [1.807, 2.05) is 0 Å². The molecule has 0 aliphatic rings. The summed E-state index contributed by atoms with van der Waals surface area (Å²) in [4.78, 5) is 0. The van der Waals surface area contributed by atoms with E-state index in [1.54, 1.807) is 0 Å². The van der Waals surface area contributed by atoms with Crippen LogP contribution in [-0.2, 0) is 0 Å². The fraction of sp³-hybridized carbons (Fsp3) is 1.00. The van der Waals surface area contributed by atoms with Crippen molar-refractivity contribution in [2.75, 3.05) is 4.43 Å². The first-order valence-corrected chi connectivity index (χ1v) is 6.57. The molecule has 2 heteroatoms. The quantitative estimate of drug-likeness (QED) is 0.410. The molecule has 1 atom stereocenters. The molecular weight excluding hydrogens is 263 g/mol. The van der Waals surface area contributed by atoms with Gasteiger partial charge in [0.15, 0.2) is 0 Å². The zero-order chi connectivity index (χ0) is 9.23. The Hall–Kier alpha value is 0.690. The normalized spacial score (nSPS) is 13.2. The van der Waals surface area contributed by atoms with E-state index in [4.69, 9.17) is 0 Å². The Morgan fingerprint density at radius 2 is 1.67 bits per heavy atom. The van der Waals surface area contributed by atoms with Gasteiger partial charge >= 0.3 is 0 Å². The van der Waals surface area contributed by atoms with Crippen LogP contribution in [0.5, 0.6) is 0 Å². The number of halogens is 1. The number of aliphatic hydroxyl groups excluding tert-OH is 1. The maximum Gasteiger partial charge on any atom is 0.0629 e. The average molecular weight is 284 g/mol. The van der Waals surface area contributed by atoms with Crippen molar-refractivity contribution in [3.05, 3.63) is 0 Å². The summed E-state index contributed by atoms with van der Waals surface area (Å²) >= 11 is 2.24. The van der Waals surface area contributed by atoms with Crippen molar-refractivity contribution in [1.82, 2.24) is 0 Å². The maximum atomic E-state index is 9.25. The molecule has 0 aliphatic heterocycles. The van der Waals surface area contributed by atoms with E-state index in [2.05, 4.69) is 29.5 Å². The highest BCUT2D eigenvalue weighted by Gasteiger charge is 1.99. The lowest BCUT2D eigenvalue weighted by Gasteiger charge is -2.05. The van der Waals surface area contributed by atoms with Crippen molar-refractivity contribution in [1.29, 1.82) is 0 Å². The molecule has 74 valence electrons. The number of aliphatic hydroxyl groups is 1. The first-order valence-electron chi connectivity index (χ1n) is 5.05. The fourth-order valence-corrected chi connectivity index (χ4v) is 1.68. The molecule has 0 unspecified atom stereocenters. The first kappa shape index (κ1) is 12.7. The van der Waals surface area contributed by atoms with Crippen LogP contribution in [0.2, 0.25) is 0 Å². The smallest absolute Gasteiger partial charge is 0.0629 e. The Balaban J connectivity index is 2.90. The molecule has 0 aromatic heterocycles. The molecular formula is C10H21IO. The SMILES string of the molecule is CCCCCCCC[C@H](O)CI. The summed E-state index contributed by atoms with van der Waals surface area (Å²) < 4.78 is 0.882. The van der Waals surface area contributed by atoms with Crippen LogP contribution in [0.3, 0.4) is 0 Å². The summed E-state index contributed by atoms with van der Waals surface area (Å²) in [5.74, 6) is 0. The van der Waals surface area contributed by atoms with Gasteiger partial charge in [-0.15, -0.1) is 0 Å². The van der Waals surface area contributed by atoms with E-state index in [1.165, 1.54) is 38.5 Å². The predicted molar refractivity (Wildman–Crippen MR) is 62.9 cm³/mol. The number of unbranched alkanes of at least 4 members (excludes halogenated alkanes) is 5. The molecule has 0 saturated heterocycles. The molecule has 0 fully saturated rings. The molecule has 0 bridgehead atoms. The van der Waals surface area contributed by atoms with Gasteiger partial charge < -0.3 is 5.11 Å². The summed E-state index contributed by atoms with van der Waals surface area (Å²) in [5.41, 5.74) is 0. The van der Waals surface area contributed by atoms with Crippen LogP contribution >= 0.6 is 22.6 Å². The van der Waals surface area contributed by atoms with Gasteiger partial charge in [0.2, 0.25) is 0 Å². The largest absolute Gasteiger partial charge is 0.392 e. The summed E-state index contributed by atoms with van der Waals surface area (Å²) in [7, 11) is 0. The molecule has 0 aliphatic carbocycles. The molecule has 0 aromatic rings. The Morgan fingerprint density at radius 1 is 1.08 bits per heavy atom. The molecule has 0 heterocycles. The molecule has 1 nitrogen and oxygen atoms in total. The minimum atomic E-state index is -0.0585. The highest BCUT2D eigenvalue weighted by Crippen LogP contribution is 2.09. The Bertz CT molecular complexity index is 85.9. The molecule has 0 rings (SSSR count).